The lowest BCUT2D eigenvalue weighted by molar-refractivity contribution is -0.146. The summed E-state index contributed by atoms with van der Waals surface area (Å²) >= 11 is 6.79. The maximum Gasteiger partial charge on any atom is 0.348 e. The smallest absolute Gasteiger partial charge is 0.348 e. The molecule has 114 valence electrons. The number of carbonyl (C=O) groups is 1. The van der Waals surface area contributed by atoms with E-state index < -0.39 is 11.0 Å². The molecule has 6 heteroatoms. The summed E-state index contributed by atoms with van der Waals surface area (Å²) in [6, 6.07) is 7.42. The van der Waals surface area contributed by atoms with Gasteiger partial charge in [-0.15, -0.1) is 0 Å². The Morgan fingerprint density at radius 3 is 2.81 bits per heavy atom. The molecule has 2 unspecified atom stereocenters. The quantitative estimate of drug-likeness (QED) is 0.376. The van der Waals surface area contributed by atoms with E-state index in [0.29, 0.717) is 25.3 Å². The van der Waals surface area contributed by atoms with E-state index in [1.165, 1.54) is 0 Å². The molecule has 2 aliphatic rings. The monoisotopic (exact) mass is 310 g/mol. The van der Waals surface area contributed by atoms with Gasteiger partial charge < -0.3 is 15.2 Å². The van der Waals surface area contributed by atoms with Crippen molar-refractivity contribution in [2.45, 2.75) is 17.3 Å². The molecule has 2 aliphatic heterocycles. The van der Waals surface area contributed by atoms with Crippen LogP contribution in [0, 0.1) is 0 Å². The van der Waals surface area contributed by atoms with Crippen LogP contribution in [0.5, 0.6) is 5.75 Å². The van der Waals surface area contributed by atoms with Gasteiger partial charge in [0.15, 0.2) is 0 Å². The lowest BCUT2D eigenvalue weighted by atomic mass is 9.84. The van der Waals surface area contributed by atoms with Crippen LogP contribution in [0.3, 0.4) is 0 Å². The first kappa shape index (κ1) is 14.8. The van der Waals surface area contributed by atoms with Crippen LogP contribution < -0.4 is 10.1 Å². The summed E-state index contributed by atoms with van der Waals surface area (Å²) in [5.41, 5.74) is 0.889. The fourth-order valence-electron chi connectivity index (χ4n) is 3.20. The summed E-state index contributed by atoms with van der Waals surface area (Å²) in [4.78, 5) is 13.3. The standard InChI is InChI=1S/C15H19ClN2O3/c16-15(18-8-6-17-7-9-18)12(5-10-19)11-3-1-2-4-13(11)21-14(15)20/h1-4,12,17,19H,5-10H2. The van der Waals surface area contributed by atoms with Gasteiger partial charge in [-0.25, -0.2) is 4.79 Å². The first-order valence-corrected chi connectivity index (χ1v) is 7.62. The summed E-state index contributed by atoms with van der Waals surface area (Å²) in [7, 11) is 0. The average Bonchev–Trinajstić information content (AvgIpc) is 2.52. The molecule has 0 saturated carbocycles. The maximum atomic E-state index is 12.6. The Bertz CT molecular complexity index is 533. The minimum atomic E-state index is -1.24. The van der Waals surface area contributed by atoms with Crippen LogP contribution in [0.25, 0.3) is 0 Å². The normalized spacial score (nSPS) is 29.8. The first-order valence-electron chi connectivity index (χ1n) is 7.24. The molecule has 21 heavy (non-hydrogen) atoms. The number of benzene rings is 1. The predicted molar refractivity (Wildman–Crippen MR) is 79.5 cm³/mol. The van der Waals surface area contributed by atoms with Crippen LogP contribution in [-0.4, -0.2) is 53.8 Å². The molecule has 0 aliphatic carbocycles. The topological polar surface area (TPSA) is 61.8 Å². The van der Waals surface area contributed by atoms with Gasteiger partial charge in [0.2, 0.25) is 5.00 Å². The molecular formula is C15H19ClN2O3. The van der Waals surface area contributed by atoms with Crippen LogP contribution in [0.4, 0.5) is 0 Å². The van der Waals surface area contributed by atoms with Crippen molar-refractivity contribution in [2.75, 3.05) is 32.8 Å². The molecule has 2 N–H and O–H groups in total. The minimum absolute atomic E-state index is 0.0210. The Morgan fingerprint density at radius 1 is 1.38 bits per heavy atom. The van der Waals surface area contributed by atoms with Crippen LogP contribution in [0.1, 0.15) is 17.9 Å². The summed E-state index contributed by atoms with van der Waals surface area (Å²) in [5.74, 6) is -0.171. The fraction of sp³-hybridized carbons (Fsp3) is 0.533. The van der Waals surface area contributed by atoms with Crippen molar-refractivity contribution < 1.29 is 14.6 Å². The van der Waals surface area contributed by atoms with E-state index in [1.807, 2.05) is 23.1 Å². The number of carbonyl (C=O) groups excluding carboxylic acids is 1. The zero-order valence-electron chi connectivity index (χ0n) is 11.7. The van der Waals surface area contributed by atoms with Gasteiger partial charge in [-0.05, 0) is 12.5 Å². The molecule has 3 rings (SSSR count). The highest BCUT2D eigenvalue weighted by molar-refractivity contribution is 6.35. The molecule has 0 spiro atoms. The molecule has 2 heterocycles. The Hall–Kier alpha value is -1.14. The fourth-order valence-corrected chi connectivity index (χ4v) is 3.63. The van der Waals surface area contributed by atoms with E-state index in [-0.39, 0.29) is 12.5 Å². The number of para-hydroxylation sites is 1. The highest BCUT2D eigenvalue weighted by atomic mass is 35.5. The van der Waals surface area contributed by atoms with Crippen molar-refractivity contribution >= 4 is 17.6 Å². The molecule has 1 fully saturated rings. The molecule has 0 radical (unpaired) electrons. The van der Waals surface area contributed by atoms with Crippen molar-refractivity contribution in [1.29, 1.82) is 0 Å². The number of aliphatic hydroxyl groups excluding tert-OH is 1. The number of rotatable bonds is 3. The predicted octanol–water partition coefficient (Wildman–Crippen LogP) is 0.912. The molecule has 0 amide bonds. The Balaban J connectivity index is 2.03. The second kappa shape index (κ2) is 5.93. The second-order valence-corrected chi connectivity index (χ2v) is 5.98. The molecule has 0 aromatic heterocycles. The van der Waals surface area contributed by atoms with E-state index in [2.05, 4.69) is 5.32 Å². The third-order valence-electron chi connectivity index (χ3n) is 4.24. The molecule has 2 atom stereocenters. The third kappa shape index (κ3) is 2.44. The lowest BCUT2D eigenvalue weighted by Crippen LogP contribution is -2.62. The van der Waals surface area contributed by atoms with E-state index in [1.54, 1.807) is 6.07 Å². The Kier molecular flexibility index (Phi) is 4.17. The number of esters is 1. The molecular weight excluding hydrogens is 292 g/mol. The highest BCUT2D eigenvalue weighted by Crippen LogP contribution is 2.47. The van der Waals surface area contributed by atoms with E-state index in [0.717, 1.165) is 18.7 Å². The van der Waals surface area contributed by atoms with Crippen LogP contribution in [0.2, 0.25) is 0 Å². The number of nitrogens with zero attached hydrogens (tertiary/aromatic N) is 1. The Labute approximate surface area is 128 Å². The number of piperazine rings is 1. The molecule has 1 aromatic rings. The highest BCUT2D eigenvalue weighted by Gasteiger charge is 2.54. The van der Waals surface area contributed by atoms with Crippen molar-refractivity contribution in [1.82, 2.24) is 10.2 Å². The number of ether oxygens (including phenoxy) is 1. The van der Waals surface area contributed by atoms with E-state index in [9.17, 15) is 9.90 Å². The number of nitrogens with one attached hydrogen (secondary N) is 1. The lowest BCUT2D eigenvalue weighted by Gasteiger charge is -2.46. The zero-order chi connectivity index (χ0) is 14.9. The molecule has 1 saturated heterocycles. The summed E-state index contributed by atoms with van der Waals surface area (Å²) in [6.45, 7) is 2.92. The van der Waals surface area contributed by atoms with Gasteiger partial charge in [0.25, 0.3) is 0 Å². The molecule has 5 nitrogen and oxygen atoms in total. The number of alkyl halides is 1. The van der Waals surface area contributed by atoms with Crippen molar-refractivity contribution in [2.24, 2.45) is 0 Å². The van der Waals surface area contributed by atoms with Gasteiger partial charge in [0.1, 0.15) is 5.75 Å². The van der Waals surface area contributed by atoms with Gasteiger partial charge in [0.05, 0.1) is 0 Å². The van der Waals surface area contributed by atoms with Crippen molar-refractivity contribution in [3.05, 3.63) is 29.8 Å². The van der Waals surface area contributed by atoms with E-state index >= 15 is 0 Å². The number of halogens is 1. The number of hydrogen-bond donors (Lipinski definition) is 2. The van der Waals surface area contributed by atoms with Crippen molar-refractivity contribution in [3.63, 3.8) is 0 Å². The number of hydrogen-bond acceptors (Lipinski definition) is 5. The van der Waals surface area contributed by atoms with Gasteiger partial charge >= 0.3 is 5.97 Å². The molecule has 1 aromatic carbocycles. The second-order valence-electron chi connectivity index (χ2n) is 5.40. The van der Waals surface area contributed by atoms with Crippen LogP contribution >= 0.6 is 11.6 Å². The summed E-state index contributed by atoms with van der Waals surface area (Å²) < 4.78 is 5.46. The van der Waals surface area contributed by atoms with Crippen LogP contribution in [-0.2, 0) is 4.79 Å². The average molecular weight is 311 g/mol. The third-order valence-corrected chi connectivity index (χ3v) is 4.90. The number of fused-ring (bicyclic) bond motifs is 1. The Morgan fingerprint density at radius 2 is 2.10 bits per heavy atom. The van der Waals surface area contributed by atoms with Gasteiger partial charge in [0, 0.05) is 44.3 Å². The van der Waals surface area contributed by atoms with Crippen molar-refractivity contribution in [3.8, 4) is 5.75 Å². The summed E-state index contributed by atoms with van der Waals surface area (Å²) in [6.07, 6.45) is 0.430. The SMILES string of the molecule is O=C1Oc2ccccc2C(CCO)C1(Cl)N1CCNCC1. The largest absolute Gasteiger partial charge is 0.424 e. The van der Waals surface area contributed by atoms with Crippen LogP contribution in [0.15, 0.2) is 24.3 Å². The van der Waals surface area contributed by atoms with Gasteiger partial charge in [-0.1, -0.05) is 29.8 Å². The van der Waals surface area contributed by atoms with Gasteiger partial charge in [-0.2, -0.15) is 0 Å². The first-order chi connectivity index (χ1) is 10.2. The number of aliphatic hydroxyl groups is 1. The maximum absolute atomic E-state index is 12.6. The minimum Gasteiger partial charge on any atom is -0.424 e. The zero-order valence-corrected chi connectivity index (χ0v) is 12.5. The van der Waals surface area contributed by atoms with E-state index in [4.69, 9.17) is 16.3 Å². The summed E-state index contributed by atoms with van der Waals surface area (Å²) in [5, 5.41) is 12.7. The molecule has 0 bridgehead atoms. The van der Waals surface area contributed by atoms with Gasteiger partial charge in [-0.3, -0.25) is 4.90 Å².